The van der Waals surface area contributed by atoms with Crippen molar-refractivity contribution in [3.8, 4) is 0 Å². The number of esters is 1. The van der Waals surface area contributed by atoms with Gasteiger partial charge in [0.1, 0.15) is 6.54 Å². The van der Waals surface area contributed by atoms with Crippen LogP contribution < -0.4 is 5.56 Å². The molecule has 0 fully saturated rings. The van der Waals surface area contributed by atoms with Crippen molar-refractivity contribution in [1.82, 2.24) is 9.55 Å². The fourth-order valence-corrected chi connectivity index (χ4v) is 0.800. The summed E-state index contributed by atoms with van der Waals surface area (Å²) in [6.45, 7) is 1.89. The molecule has 0 aliphatic heterocycles. The predicted molar refractivity (Wildman–Crippen MR) is 50.4 cm³/mol. The molecule has 0 aliphatic rings. The Kier molecular flexibility index (Phi) is 15.4. The van der Waals surface area contributed by atoms with Crippen molar-refractivity contribution in [1.29, 1.82) is 0 Å². The number of rotatable bonds is 3. The number of aromatic nitrogens is 2. The van der Waals surface area contributed by atoms with Gasteiger partial charge in [0.2, 0.25) is 0 Å². The maximum atomic E-state index is 11.0. The standard InChI is InChI=1S/C8H9N2O3.CH3.V.Y/c1-2-13-8(12)5-10-6-9-4-3-7(10)11;;;/h4,6H,2,5H2,1H3;1H3;;/q2*-1;;. The number of hydrogen-bond acceptors (Lipinski definition) is 4. The molecule has 1 rings (SSSR count). The number of carbonyl (C=O) groups is 1. The minimum atomic E-state index is -0.453. The Bertz CT molecular complexity index is 357. The summed E-state index contributed by atoms with van der Waals surface area (Å²) in [5.74, 6) is -0.453. The van der Waals surface area contributed by atoms with E-state index >= 15 is 0 Å². The van der Waals surface area contributed by atoms with Crippen LogP contribution in [0.5, 0.6) is 0 Å². The molecule has 86 valence electrons. The quantitative estimate of drug-likeness (QED) is 0.578. The van der Waals surface area contributed by atoms with Crippen molar-refractivity contribution in [2.24, 2.45) is 0 Å². The van der Waals surface area contributed by atoms with E-state index in [1.54, 1.807) is 6.92 Å². The van der Waals surface area contributed by atoms with E-state index in [4.69, 9.17) is 0 Å². The molecule has 0 aromatic carbocycles. The van der Waals surface area contributed by atoms with Gasteiger partial charge in [-0.05, 0) is 6.92 Å². The summed E-state index contributed by atoms with van der Waals surface area (Å²) < 4.78 is 5.80. The zero-order valence-electron chi connectivity index (χ0n) is 9.21. The van der Waals surface area contributed by atoms with E-state index in [-0.39, 0.29) is 70.8 Å². The summed E-state index contributed by atoms with van der Waals surface area (Å²) in [7, 11) is 0. The van der Waals surface area contributed by atoms with Gasteiger partial charge in [0.15, 0.2) is 0 Å². The van der Waals surface area contributed by atoms with Crippen LogP contribution in [0.15, 0.2) is 17.3 Å². The van der Waals surface area contributed by atoms with E-state index < -0.39 is 5.97 Å². The van der Waals surface area contributed by atoms with Gasteiger partial charge in [0, 0.05) is 51.3 Å². The average molecular weight is 336 g/mol. The molecule has 0 aliphatic carbocycles. The molecule has 16 heavy (non-hydrogen) atoms. The van der Waals surface area contributed by atoms with E-state index in [2.05, 4.69) is 15.8 Å². The van der Waals surface area contributed by atoms with Crippen LogP contribution in [0.2, 0.25) is 0 Å². The second-order valence-electron chi connectivity index (χ2n) is 2.28. The third-order valence-electron chi connectivity index (χ3n) is 1.33. The van der Waals surface area contributed by atoms with Crippen molar-refractivity contribution in [2.45, 2.75) is 13.5 Å². The van der Waals surface area contributed by atoms with E-state index in [1.165, 1.54) is 12.5 Å². The van der Waals surface area contributed by atoms with Gasteiger partial charge in [-0.3, -0.25) is 9.78 Å². The van der Waals surface area contributed by atoms with Crippen LogP contribution in [-0.2, 0) is 67.3 Å². The van der Waals surface area contributed by atoms with Crippen LogP contribution in [0.25, 0.3) is 0 Å². The molecule has 0 unspecified atom stereocenters. The first kappa shape index (κ1) is 21.3. The number of hydrogen-bond donors (Lipinski definition) is 0. The van der Waals surface area contributed by atoms with Crippen molar-refractivity contribution < 1.29 is 60.8 Å². The van der Waals surface area contributed by atoms with Crippen molar-refractivity contribution in [3.05, 3.63) is 36.4 Å². The molecule has 7 heteroatoms. The maximum absolute atomic E-state index is 11.0. The van der Waals surface area contributed by atoms with Crippen molar-refractivity contribution in [3.63, 3.8) is 0 Å². The van der Waals surface area contributed by atoms with Gasteiger partial charge in [-0.2, -0.15) is 0 Å². The molecule has 1 aromatic heterocycles. The summed E-state index contributed by atoms with van der Waals surface area (Å²) >= 11 is 0. The summed E-state index contributed by atoms with van der Waals surface area (Å²) in [6, 6.07) is 2.34. The predicted octanol–water partition coefficient (Wildman–Crippen LogP) is 0.0519. The molecule has 0 saturated heterocycles. The fraction of sp³-hybridized carbons (Fsp3) is 0.333. The molecule has 0 N–H and O–H groups in total. The van der Waals surface area contributed by atoms with Gasteiger partial charge in [-0.25, -0.2) is 0 Å². The second kappa shape index (κ2) is 11.5. The zero-order valence-corrected chi connectivity index (χ0v) is 13.4. The average Bonchev–Trinajstić information content (AvgIpc) is 2.09. The second-order valence-corrected chi connectivity index (χ2v) is 2.28. The Morgan fingerprint density at radius 1 is 1.62 bits per heavy atom. The molecule has 0 atom stereocenters. The molecular formula is C9H12N2O3VY-2. The zero-order chi connectivity index (χ0) is 9.68. The summed E-state index contributed by atoms with van der Waals surface area (Å²) in [4.78, 5) is 25.6. The minimum Gasteiger partial charge on any atom is -0.465 e. The monoisotopic (exact) mass is 336 g/mol. The fourth-order valence-electron chi connectivity index (χ4n) is 0.800. The molecule has 1 heterocycles. The minimum absolute atomic E-state index is 0. The molecule has 0 spiro atoms. The van der Waals surface area contributed by atoms with Gasteiger partial charge in [0.25, 0.3) is 0 Å². The number of carbonyl (C=O) groups excluding carboxylic acids is 1. The van der Waals surface area contributed by atoms with Crippen molar-refractivity contribution >= 4 is 5.97 Å². The van der Waals surface area contributed by atoms with Crippen LogP contribution in [0, 0.1) is 13.5 Å². The topological polar surface area (TPSA) is 61.2 Å². The van der Waals surface area contributed by atoms with Crippen LogP contribution >= 0.6 is 0 Å². The first-order chi connectivity index (χ1) is 6.24. The van der Waals surface area contributed by atoms with E-state index in [0.717, 1.165) is 4.57 Å². The summed E-state index contributed by atoms with van der Waals surface area (Å²) in [6.07, 6.45) is 2.53. The van der Waals surface area contributed by atoms with Gasteiger partial charge < -0.3 is 27.6 Å². The van der Waals surface area contributed by atoms with Gasteiger partial charge in [0.05, 0.1) is 18.5 Å². The normalized spacial score (nSPS) is 7.81. The Morgan fingerprint density at radius 3 is 2.75 bits per heavy atom. The van der Waals surface area contributed by atoms with Gasteiger partial charge in [-0.15, -0.1) is 6.20 Å². The number of ether oxygens (including phenoxy) is 1. The Morgan fingerprint density at radius 2 is 2.25 bits per heavy atom. The largest absolute Gasteiger partial charge is 0.465 e. The molecule has 2 radical (unpaired) electrons. The number of nitrogens with zero attached hydrogens (tertiary/aromatic N) is 2. The third-order valence-corrected chi connectivity index (χ3v) is 1.33. The molecule has 5 nitrogen and oxygen atoms in total. The van der Waals surface area contributed by atoms with Gasteiger partial charge in [-0.1, -0.05) is 0 Å². The van der Waals surface area contributed by atoms with Crippen LogP contribution in [0.3, 0.4) is 0 Å². The molecular weight excluding hydrogens is 324 g/mol. The summed E-state index contributed by atoms with van der Waals surface area (Å²) in [5.41, 5.74) is -0.386. The van der Waals surface area contributed by atoms with Crippen LogP contribution in [-0.4, -0.2) is 22.1 Å². The molecule has 0 amide bonds. The van der Waals surface area contributed by atoms with E-state index in [0.29, 0.717) is 6.61 Å². The maximum Gasteiger partial charge on any atom is 0.326 e. The molecule has 0 bridgehead atoms. The molecule has 1 aromatic rings. The van der Waals surface area contributed by atoms with Crippen molar-refractivity contribution in [2.75, 3.05) is 6.61 Å². The SMILES string of the molecule is CCOC(=O)Cn1cnc[c-]c1=O.[CH3-].[V].[Y]. The summed E-state index contributed by atoms with van der Waals surface area (Å²) in [5, 5.41) is 0. The Labute approximate surface area is 132 Å². The first-order valence-electron chi connectivity index (χ1n) is 3.81. The van der Waals surface area contributed by atoms with Gasteiger partial charge >= 0.3 is 5.97 Å². The smallest absolute Gasteiger partial charge is 0.326 e. The molecule has 0 saturated carbocycles. The first-order valence-corrected chi connectivity index (χ1v) is 3.81. The van der Waals surface area contributed by atoms with E-state index in [1.807, 2.05) is 0 Å². The third kappa shape index (κ3) is 7.33. The van der Waals surface area contributed by atoms with Crippen LogP contribution in [0.1, 0.15) is 6.92 Å². The van der Waals surface area contributed by atoms with E-state index in [9.17, 15) is 9.59 Å². The Balaban J connectivity index is -0.000000563. The Hall–Kier alpha value is 0.0383. The van der Waals surface area contributed by atoms with Crippen LogP contribution in [0.4, 0.5) is 0 Å².